The largest absolute Gasteiger partial charge is 0.318 e. The third-order valence-electron chi connectivity index (χ3n) is 3.66. The molecular weight excluding hydrogens is 324 g/mol. The van der Waals surface area contributed by atoms with E-state index in [0.717, 1.165) is 11.1 Å². The lowest BCUT2D eigenvalue weighted by molar-refractivity contribution is -0.133. The molecule has 0 aliphatic carbocycles. The molecule has 2 N–H and O–H groups in total. The van der Waals surface area contributed by atoms with Crippen molar-refractivity contribution in [2.75, 3.05) is 10.6 Å². The van der Waals surface area contributed by atoms with Crippen LogP contribution in [-0.4, -0.2) is 11.8 Å². The van der Waals surface area contributed by atoms with E-state index in [1.807, 2.05) is 19.1 Å². The lowest BCUT2D eigenvalue weighted by Gasteiger charge is -2.19. The summed E-state index contributed by atoms with van der Waals surface area (Å²) < 4.78 is 0. The van der Waals surface area contributed by atoms with E-state index in [4.69, 9.17) is 11.6 Å². The van der Waals surface area contributed by atoms with E-state index in [9.17, 15) is 9.59 Å². The van der Waals surface area contributed by atoms with Gasteiger partial charge in [0.15, 0.2) is 0 Å². The van der Waals surface area contributed by atoms with Crippen molar-refractivity contribution in [1.29, 1.82) is 0 Å². The summed E-state index contributed by atoms with van der Waals surface area (Å²) in [5.74, 6) is -1.46. The van der Waals surface area contributed by atoms with E-state index < -0.39 is 11.8 Å². The average molecular weight is 345 g/mol. The third-order valence-corrected chi connectivity index (χ3v) is 3.90. The Hall–Kier alpha value is -2.33. The van der Waals surface area contributed by atoms with Gasteiger partial charge in [0, 0.05) is 16.4 Å². The molecule has 0 aliphatic heterocycles. The van der Waals surface area contributed by atoms with Crippen LogP contribution in [0.25, 0.3) is 0 Å². The van der Waals surface area contributed by atoms with Gasteiger partial charge in [0.25, 0.3) is 0 Å². The van der Waals surface area contributed by atoms with E-state index in [2.05, 4.69) is 31.4 Å². The number of amides is 2. The molecule has 0 radical (unpaired) electrons. The molecule has 0 heterocycles. The number of benzene rings is 2. The maximum Gasteiger partial charge on any atom is 0.314 e. The molecule has 0 unspecified atom stereocenters. The van der Waals surface area contributed by atoms with Gasteiger partial charge >= 0.3 is 11.8 Å². The van der Waals surface area contributed by atoms with Crippen LogP contribution in [0.4, 0.5) is 11.4 Å². The molecule has 24 heavy (non-hydrogen) atoms. The second-order valence-electron chi connectivity index (χ2n) is 6.69. The Bertz CT molecular complexity index is 762. The first-order valence-electron chi connectivity index (χ1n) is 7.66. The number of rotatable bonds is 2. The first-order valence-corrected chi connectivity index (χ1v) is 8.03. The molecule has 2 aromatic rings. The molecule has 0 saturated heterocycles. The number of halogens is 1. The van der Waals surface area contributed by atoms with Gasteiger partial charge in [-0.1, -0.05) is 50.6 Å². The highest BCUT2D eigenvalue weighted by atomic mass is 35.5. The second-order valence-corrected chi connectivity index (χ2v) is 7.13. The summed E-state index contributed by atoms with van der Waals surface area (Å²) in [7, 11) is 0. The molecule has 2 aromatic carbocycles. The van der Waals surface area contributed by atoms with Crippen LogP contribution in [0.15, 0.2) is 42.5 Å². The number of aryl methyl sites for hydroxylation is 1. The summed E-state index contributed by atoms with van der Waals surface area (Å²) in [4.78, 5) is 24.1. The summed E-state index contributed by atoms with van der Waals surface area (Å²) in [5, 5.41) is 5.66. The fourth-order valence-corrected chi connectivity index (χ4v) is 2.32. The molecular formula is C19H21ClN2O2. The van der Waals surface area contributed by atoms with Crippen molar-refractivity contribution < 1.29 is 9.59 Å². The molecule has 0 spiro atoms. The van der Waals surface area contributed by atoms with Crippen LogP contribution in [0.3, 0.4) is 0 Å². The Morgan fingerprint density at radius 1 is 0.917 bits per heavy atom. The van der Waals surface area contributed by atoms with Gasteiger partial charge in [-0.2, -0.15) is 0 Å². The summed E-state index contributed by atoms with van der Waals surface area (Å²) in [6.45, 7) is 8.17. The molecule has 4 nitrogen and oxygen atoms in total. The van der Waals surface area contributed by atoms with Crippen LogP contribution in [0.5, 0.6) is 0 Å². The Balaban J connectivity index is 2.04. The molecule has 2 amide bonds. The van der Waals surface area contributed by atoms with Crippen LogP contribution < -0.4 is 10.6 Å². The number of carbonyl (C=O) groups excluding carboxylic acids is 2. The lowest BCUT2D eigenvalue weighted by atomic mass is 9.87. The highest BCUT2D eigenvalue weighted by Crippen LogP contribution is 2.23. The van der Waals surface area contributed by atoms with Crippen molar-refractivity contribution in [1.82, 2.24) is 0 Å². The first-order chi connectivity index (χ1) is 11.2. The molecule has 5 heteroatoms. The predicted octanol–water partition coefficient (Wildman–Crippen LogP) is 4.52. The average Bonchev–Trinajstić information content (AvgIpc) is 2.50. The van der Waals surface area contributed by atoms with Crippen molar-refractivity contribution in [3.63, 3.8) is 0 Å². The predicted molar refractivity (Wildman–Crippen MR) is 98.6 cm³/mol. The summed E-state index contributed by atoms with van der Waals surface area (Å²) in [6, 6.07) is 12.6. The first kappa shape index (κ1) is 18.0. The van der Waals surface area contributed by atoms with Crippen LogP contribution in [0, 0.1) is 6.92 Å². The third kappa shape index (κ3) is 4.59. The van der Waals surface area contributed by atoms with Crippen molar-refractivity contribution in [2.45, 2.75) is 33.1 Å². The number of hydrogen-bond donors (Lipinski definition) is 2. The number of anilines is 2. The summed E-state index contributed by atoms with van der Waals surface area (Å²) in [5.41, 5.74) is 3.11. The number of carbonyl (C=O) groups is 2. The molecule has 0 fully saturated rings. The van der Waals surface area contributed by atoms with Gasteiger partial charge in [-0.25, -0.2) is 0 Å². The van der Waals surface area contributed by atoms with Gasteiger partial charge < -0.3 is 10.6 Å². The zero-order valence-corrected chi connectivity index (χ0v) is 15.0. The summed E-state index contributed by atoms with van der Waals surface area (Å²) >= 11 is 5.91. The fraction of sp³-hybridized carbons (Fsp3) is 0.263. The second kappa shape index (κ2) is 7.05. The number of hydrogen-bond acceptors (Lipinski definition) is 2. The van der Waals surface area contributed by atoms with E-state index in [-0.39, 0.29) is 5.41 Å². The Labute approximate surface area is 147 Å². The lowest BCUT2D eigenvalue weighted by Crippen LogP contribution is -2.29. The van der Waals surface area contributed by atoms with Gasteiger partial charge in [-0.3, -0.25) is 9.59 Å². The standard InChI is InChI=1S/C19H21ClN2O2/c1-12-5-8-14(20)11-16(12)22-18(24)17(23)21-15-9-6-13(7-10-15)19(2,3)4/h5-11H,1-4H3,(H,21,23)(H,22,24). The molecule has 2 rings (SSSR count). The molecule has 0 aromatic heterocycles. The van der Waals surface area contributed by atoms with Crippen molar-refractivity contribution >= 4 is 34.8 Å². The van der Waals surface area contributed by atoms with Gasteiger partial charge in [-0.15, -0.1) is 0 Å². The maximum absolute atomic E-state index is 12.0. The minimum Gasteiger partial charge on any atom is -0.318 e. The molecule has 0 saturated carbocycles. The SMILES string of the molecule is Cc1ccc(Cl)cc1NC(=O)C(=O)Nc1ccc(C(C)(C)C)cc1. The van der Waals surface area contributed by atoms with Crippen LogP contribution in [-0.2, 0) is 15.0 Å². The van der Waals surface area contributed by atoms with Crippen LogP contribution in [0.2, 0.25) is 5.02 Å². The fourth-order valence-electron chi connectivity index (χ4n) is 2.15. The topological polar surface area (TPSA) is 58.2 Å². The van der Waals surface area contributed by atoms with E-state index in [0.29, 0.717) is 16.4 Å². The van der Waals surface area contributed by atoms with Crippen LogP contribution >= 0.6 is 11.6 Å². The van der Waals surface area contributed by atoms with E-state index >= 15 is 0 Å². The van der Waals surface area contributed by atoms with Crippen molar-refractivity contribution in [3.8, 4) is 0 Å². The van der Waals surface area contributed by atoms with Gasteiger partial charge in [0.2, 0.25) is 0 Å². The van der Waals surface area contributed by atoms with Gasteiger partial charge in [0.05, 0.1) is 0 Å². The normalized spacial score (nSPS) is 11.0. The quantitative estimate of drug-likeness (QED) is 0.787. The van der Waals surface area contributed by atoms with Gasteiger partial charge in [-0.05, 0) is 47.7 Å². The van der Waals surface area contributed by atoms with E-state index in [1.54, 1.807) is 30.3 Å². The molecule has 0 atom stereocenters. The van der Waals surface area contributed by atoms with Crippen LogP contribution in [0.1, 0.15) is 31.9 Å². The molecule has 0 aliphatic rings. The Morgan fingerprint density at radius 3 is 2.08 bits per heavy atom. The Morgan fingerprint density at radius 2 is 1.50 bits per heavy atom. The van der Waals surface area contributed by atoms with E-state index in [1.165, 1.54) is 0 Å². The zero-order valence-electron chi connectivity index (χ0n) is 14.2. The Kier molecular flexibility index (Phi) is 5.30. The molecule has 0 bridgehead atoms. The molecule has 126 valence electrons. The highest BCUT2D eigenvalue weighted by Gasteiger charge is 2.16. The highest BCUT2D eigenvalue weighted by molar-refractivity contribution is 6.43. The van der Waals surface area contributed by atoms with Crippen molar-refractivity contribution in [2.24, 2.45) is 0 Å². The minimum atomic E-state index is -0.736. The van der Waals surface area contributed by atoms with Gasteiger partial charge in [0.1, 0.15) is 0 Å². The maximum atomic E-state index is 12.0. The minimum absolute atomic E-state index is 0.0318. The summed E-state index contributed by atoms with van der Waals surface area (Å²) in [6.07, 6.45) is 0. The van der Waals surface area contributed by atoms with Crippen molar-refractivity contribution in [3.05, 3.63) is 58.6 Å². The zero-order chi connectivity index (χ0) is 17.9. The number of nitrogens with one attached hydrogen (secondary N) is 2. The monoisotopic (exact) mass is 344 g/mol. The smallest absolute Gasteiger partial charge is 0.314 e.